The highest BCUT2D eigenvalue weighted by atomic mass is 16.3. The molecule has 0 atom stereocenters. The summed E-state index contributed by atoms with van der Waals surface area (Å²) < 4.78 is 0. The van der Waals surface area contributed by atoms with E-state index in [4.69, 9.17) is 0 Å². The van der Waals surface area contributed by atoms with E-state index in [1.165, 1.54) is 0 Å². The minimum atomic E-state index is -0.602. The summed E-state index contributed by atoms with van der Waals surface area (Å²) in [5.74, 6) is 0. The Morgan fingerprint density at radius 3 is 2.71 bits per heavy atom. The molecule has 80 valence electrons. The van der Waals surface area contributed by atoms with Crippen molar-refractivity contribution in [1.29, 1.82) is 0 Å². The van der Waals surface area contributed by atoms with Crippen LogP contribution >= 0.6 is 0 Å². The molecule has 2 amide bonds. The number of hydrogen-bond acceptors (Lipinski definition) is 2. The summed E-state index contributed by atoms with van der Waals surface area (Å²) in [6.45, 7) is 3.05. The Labute approximate surface area is 84.3 Å². The number of nitrogens with zero attached hydrogens (tertiary/aromatic N) is 1. The minimum Gasteiger partial charge on any atom is -0.386 e. The number of amides is 2. The third-order valence-corrected chi connectivity index (χ3v) is 2.88. The Balaban J connectivity index is 1.72. The maximum atomic E-state index is 11.5. The molecular weight excluding hydrogens is 180 g/mol. The number of carbonyl (C=O) groups excluding carboxylic acids is 1. The number of rotatable bonds is 3. The lowest BCUT2D eigenvalue weighted by Crippen LogP contribution is -2.65. The maximum Gasteiger partial charge on any atom is 0.317 e. The predicted octanol–water partition coefficient (Wildman–Crippen LogP) is 0.705. The van der Waals surface area contributed by atoms with Gasteiger partial charge in [-0.15, -0.1) is 0 Å². The van der Waals surface area contributed by atoms with Gasteiger partial charge >= 0.3 is 6.03 Å². The first-order chi connectivity index (χ1) is 6.63. The second-order valence-electron chi connectivity index (χ2n) is 4.55. The van der Waals surface area contributed by atoms with Crippen LogP contribution in [0.3, 0.4) is 0 Å². The van der Waals surface area contributed by atoms with Crippen molar-refractivity contribution in [3.8, 4) is 0 Å². The van der Waals surface area contributed by atoms with Gasteiger partial charge in [-0.3, -0.25) is 0 Å². The zero-order valence-corrected chi connectivity index (χ0v) is 8.62. The summed E-state index contributed by atoms with van der Waals surface area (Å²) in [7, 11) is 0. The molecule has 4 heteroatoms. The van der Waals surface area contributed by atoms with Gasteiger partial charge in [-0.25, -0.2) is 4.79 Å². The van der Waals surface area contributed by atoms with Crippen molar-refractivity contribution in [2.75, 3.05) is 13.1 Å². The van der Waals surface area contributed by atoms with E-state index in [2.05, 4.69) is 5.32 Å². The fraction of sp³-hybridized carbons (Fsp3) is 0.900. The summed E-state index contributed by atoms with van der Waals surface area (Å²) >= 11 is 0. The first kappa shape index (κ1) is 9.77. The smallest absolute Gasteiger partial charge is 0.317 e. The van der Waals surface area contributed by atoms with Crippen molar-refractivity contribution in [3.05, 3.63) is 0 Å². The lowest BCUT2D eigenvalue weighted by molar-refractivity contribution is -0.0814. The Morgan fingerprint density at radius 2 is 2.21 bits per heavy atom. The maximum absolute atomic E-state index is 11.5. The molecule has 2 aliphatic rings. The van der Waals surface area contributed by atoms with Crippen molar-refractivity contribution < 1.29 is 9.90 Å². The molecule has 0 spiro atoms. The van der Waals surface area contributed by atoms with Gasteiger partial charge in [-0.2, -0.15) is 0 Å². The van der Waals surface area contributed by atoms with Crippen LogP contribution in [0.4, 0.5) is 4.79 Å². The third-order valence-electron chi connectivity index (χ3n) is 2.88. The van der Waals surface area contributed by atoms with Crippen LogP contribution in [0.1, 0.15) is 32.6 Å². The third kappa shape index (κ3) is 2.00. The Hall–Kier alpha value is -0.770. The van der Waals surface area contributed by atoms with E-state index >= 15 is 0 Å². The highest BCUT2D eigenvalue weighted by Crippen LogP contribution is 2.26. The standard InChI is InChI=1S/C10H18N2O2/c1-2-5-10(14)6-12(7-10)9(13)11-8-3-4-8/h8,14H,2-7H2,1H3,(H,11,13). The molecule has 4 nitrogen and oxygen atoms in total. The number of aliphatic hydroxyl groups is 1. The summed E-state index contributed by atoms with van der Waals surface area (Å²) in [6.07, 6.45) is 3.98. The molecule has 1 heterocycles. The van der Waals surface area contributed by atoms with Gasteiger partial charge in [0.15, 0.2) is 0 Å². The Morgan fingerprint density at radius 1 is 1.57 bits per heavy atom. The van der Waals surface area contributed by atoms with Gasteiger partial charge in [-0.1, -0.05) is 13.3 Å². The average molecular weight is 198 g/mol. The van der Waals surface area contributed by atoms with E-state index in [-0.39, 0.29) is 6.03 Å². The number of hydrogen-bond donors (Lipinski definition) is 2. The molecule has 0 unspecified atom stereocenters. The second-order valence-corrected chi connectivity index (χ2v) is 4.55. The molecule has 0 aromatic carbocycles. The topological polar surface area (TPSA) is 52.6 Å². The van der Waals surface area contributed by atoms with E-state index in [1.807, 2.05) is 6.92 Å². The first-order valence-electron chi connectivity index (χ1n) is 5.41. The number of likely N-dealkylation sites (tertiary alicyclic amines) is 1. The average Bonchev–Trinajstić information content (AvgIpc) is 2.84. The second kappa shape index (κ2) is 3.42. The lowest BCUT2D eigenvalue weighted by Gasteiger charge is -2.46. The molecule has 0 radical (unpaired) electrons. The Kier molecular flexibility index (Phi) is 2.39. The normalized spacial score (nSPS) is 24.3. The number of nitrogens with one attached hydrogen (secondary N) is 1. The van der Waals surface area contributed by atoms with Crippen LogP contribution < -0.4 is 5.32 Å². The van der Waals surface area contributed by atoms with E-state index < -0.39 is 5.60 Å². The van der Waals surface area contributed by atoms with Crippen LogP contribution in [0.25, 0.3) is 0 Å². The molecule has 0 aromatic heterocycles. The zero-order valence-electron chi connectivity index (χ0n) is 8.62. The molecule has 0 aromatic rings. The molecular formula is C10H18N2O2. The molecule has 0 bridgehead atoms. The summed E-state index contributed by atoms with van der Waals surface area (Å²) in [5.41, 5.74) is -0.602. The fourth-order valence-electron chi connectivity index (χ4n) is 1.92. The van der Waals surface area contributed by atoms with Crippen LogP contribution in [0.15, 0.2) is 0 Å². The monoisotopic (exact) mass is 198 g/mol. The van der Waals surface area contributed by atoms with Gasteiger partial charge in [0.05, 0.1) is 18.7 Å². The van der Waals surface area contributed by atoms with Crippen molar-refractivity contribution in [2.24, 2.45) is 0 Å². The van der Waals surface area contributed by atoms with Crippen molar-refractivity contribution in [1.82, 2.24) is 10.2 Å². The molecule has 14 heavy (non-hydrogen) atoms. The predicted molar refractivity (Wildman–Crippen MR) is 53.0 cm³/mol. The molecule has 2 rings (SSSR count). The SMILES string of the molecule is CCCC1(O)CN(C(=O)NC2CC2)C1. The highest BCUT2D eigenvalue weighted by Gasteiger charge is 2.43. The molecule has 1 saturated heterocycles. The lowest BCUT2D eigenvalue weighted by atomic mass is 9.90. The number of carbonyl (C=O) groups is 1. The van der Waals surface area contributed by atoms with Gasteiger partial charge < -0.3 is 15.3 Å². The summed E-state index contributed by atoms with van der Waals surface area (Å²) in [6, 6.07) is 0.399. The van der Waals surface area contributed by atoms with Crippen molar-refractivity contribution in [2.45, 2.75) is 44.2 Å². The number of urea groups is 1. The van der Waals surface area contributed by atoms with Crippen LogP contribution in [0, 0.1) is 0 Å². The van der Waals surface area contributed by atoms with Gasteiger partial charge in [0.1, 0.15) is 0 Å². The highest BCUT2D eigenvalue weighted by molar-refractivity contribution is 5.76. The van der Waals surface area contributed by atoms with Gasteiger partial charge in [0.25, 0.3) is 0 Å². The molecule has 2 fully saturated rings. The first-order valence-corrected chi connectivity index (χ1v) is 5.41. The van der Waals surface area contributed by atoms with Crippen LogP contribution in [-0.4, -0.2) is 40.8 Å². The summed E-state index contributed by atoms with van der Waals surface area (Å²) in [5, 5.41) is 12.8. The molecule has 1 saturated carbocycles. The van der Waals surface area contributed by atoms with E-state index in [0.29, 0.717) is 19.1 Å². The zero-order chi connectivity index (χ0) is 10.2. The van der Waals surface area contributed by atoms with Crippen molar-refractivity contribution >= 4 is 6.03 Å². The fourth-order valence-corrected chi connectivity index (χ4v) is 1.92. The largest absolute Gasteiger partial charge is 0.386 e. The minimum absolute atomic E-state index is 0.00622. The quantitative estimate of drug-likeness (QED) is 0.701. The van der Waals surface area contributed by atoms with Crippen molar-refractivity contribution in [3.63, 3.8) is 0 Å². The van der Waals surface area contributed by atoms with Gasteiger partial charge in [0.2, 0.25) is 0 Å². The van der Waals surface area contributed by atoms with Crippen LogP contribution in [0.2, 0.25) is 0 Å². The van der Waals surface area contributed by atoms with E-state index in [9.17, 15) is 9.90 Å². The van der Waals surface area contributed by atoms with E-state index in [1.54, 1.807) is 4.90 Å². The van der Waals surface area contributed by atoms with E-state index in [0.717, 1.165) is 25.7 Å². The van der Waals surface area contributed by atoms with Gasteiger partial charge in [0, 0.05) is 6.04 Å². The molecule has 1 aliphatic carbocycles. The molecule has 1 aliphatic heterocycles. The Bertz CT molecular complexity index is 232. The van der Waals surface area contributed by atoms with Crippen LogP contribution in [0.5, 0.6) is 0 Å². The van der Waals surface area contributed by atoms with Crippen LogP contribution in [-0.2, 0) is 0 Å². The summed E-state index contributed by atoms with van der Waals surface area (Å²) in [4.78, 5) is 13.2. The van der Waals surface area contributed by atoms with Gasteiger partial charge in [-0.05, 0) is 19.3 Å². The number of β-amino-alcohol motifs (C(OH)–C–C–N with tert-alkyl or cyclic N) is 1. The molecule has 2 N–H and O–H groups in total.